The van der Waals surface area contributed by atoms with E-state index >= 15 is 0 Å². The van der Waals surface area contributed by atoms with E-state index in [0.29, 0.717) is 28.7 Å². The minimum Gasteiger partial charge on any atom is -0.508 e. The van der Waals surface area contributed by atoms with Gasteiger partial charge < -0.3 is 5.11 Å². The molecule has 4 atom stereocenters. The number of phenolic OH excluding ortho intramolecular Hbond substituents is 1. The number of hydrogen-bond acceptors (Lipinski definition) is 5. The molecule has 1 N–H and O–H groups in total. The summed E-state index contributed by atoms with van der Waals surface area (Å²) in [6.07, 6.45) is 4.04. The first-order valence-corrected chi connectivity index (χ1v) is 10.1. The minimum atomic E-state index is -0.522. The zero-order chi connectivity index (χ0) is 21.3. The van der Waals surface area contributed by atoms with Crippen LogP contribution in [0.25, 0.3) is 0 Å². The average Bonchev–Trinajstić information content (AvgIpc) is 2.95. The Balaban J connectivity index is 1.72. The maximum atomic E-state index is 13.1. The lowest BCUT2D eigenvalue weighted by atomic mass is 9.59. The van der Waals surface area contributed by atoms with Crippen molar-refractivity contribution in [3.05, 3.63) is 64.3 Å². The van der Waals surface area contributed by atoms with E-state index in [1.54, 1.807) is 25.1 Å². The number of rotatable bonds is 1. The third-order valence-corrected chi connectivity index (χ3v) is 6.99. The number of fused-ring (bicyclic) bond motifs is 3. The predicted molar refractivity (Wildman–Crippen MR) is 107 cm³/mol. The molecular weight excluding hydrogens is 382 g/mol. The van der Waals surface area contributed by atoms with Gasteiger partial charge in [-0.15, -0.1) is 0 Å². The van der Waals surface area contributed by atoms with E-state index in [1.165, 1.54) is 18.0 Å². The maximum absolute atomic E-state index is 13.1. The topological polar surface area (TPSA) is 91.8 Å². The van der Waals surface area contributed by atoms with Gasteiger partial charge in [0.15, 0.2) is 11.6 Å². The van der Waals surface area contributed by atoms with Gasteiger partial charge in [-0.1, -0.05) is 23.8 Å². The first-order chi connectivity index (χ1) is 14.3. The van der Waals surface area contributed by atoms with Gasteiger partial charge in [0, 0.05) is 29.7 Å². The van der Waals surface area contributed by atoms with Crippen LogP contribution in [0.5, 0.6) is 5.75 Å². The Morgan fingerprint density at radius 1 is 1.07 bits per heavy atom. The summed E-state index contributed by atoms with van der Waals surface area (Å²) in [6, 6.07) is 6.68. The Labute approximate surface area is 173 Å². The van der Waals surface area contributed by atoms with Crippen LogP contribution in [0.4, 0.5) is 0 Å². The fraction of sp³-hybridized carbons (Fsp3) is 0.333. The van der Waals surface area contributed by atoms with Crippen LogP contribution in [0.15, 0.2) is 58.7 Å². The molecule has 6 nitrogen and oxygen atoms in total. The predicted octanol–water partition coefficient (Wildman–Crippen LogP) is 2.45. The highest BCUT2D eigenvalue weighted by Crippen LogP contribution is 2.55. The molecular formula is C24H21NO5. The van der Waals surface area contributed by atoms with Gasteiger partial charge >= 0.3 is 0 Å². The van der Waals surface area contributed by atoms with Crippen molar-refractivity contribution in [3.63, 3.8) is 0 Å². The minimum absolute atomic E-state index is 0.0692. The van der Waals surface area contributed by atoms with Gasteiger partial charge in [-0.05, 0) is 49.5 Å². The second-order valence-electron chi connectivity index (χ2n) is 8.56. The lowest BCUT2D eigenvalue weighted by Gasteiger charge is -2.42. The Morgan fingerprint density at radius 3 is 2.57 bits per heavy atom. The number of carbonyl (C=O) groups excluding carboxylic acids is 4. The van der Waals surface area contributed by atoms with Gasteiger partial charge in [0.1, 0.15) is 5.75 Å². The zero-order valence-electron chi connectivity index (χ0n) is 16.7. The molecule has 1 aliphatic heterocycles. The van der Waals surface area contributed by atoms with Crippen LogP contribution < -0.4 is 0 Å². The number of amides is 2. The SMILES string of the molecule is CC1=CC(=O)C2=C(C1=O)C(c1cccc(O)c1)C1=CCC3C(=O)N(C)C(=O)C3C1C2. The number of likely N-dealkylation sites (tertiary alicyclic amines) is 1. The largest absolute Gasteiger partial charge is 0.508 e. The van der Waals surface area contributed by atoms with Crippen LogP contribution in [0.3, 0.4) is 0 Å². The summed E-state index contributed by atoms with van der Waals surface area (Å²) < 4.78 is 0. The highest BCUT2D eigenvalue weighted by Gasteiger charge is 2.55. The number of aromatic hydroxyl groups is 1. The number of Topliss-reactive ketones (excluding diaryl/α,β-unsaturated/α-hetero) is 1. The highest BCUT2D eigenvalue weighted by molar-refractivity contribution is 6.23. The van der Waals surface area contributed by atoms with Gasteiger partial charge in [0.2, 0.25) is 11.8 Å². The normalized spacial score (nSPS) is 30.7. The number of benzene rings is 1. The summed E-state index contributed by atoms with van der Waals surface area (Å²) in [7, 11) is 1.50. The molecule has 3 aliphatic carbocycles. The third kappa shape index (κ3) is 2.43. The third-order valence-electron chi connectivity index (χ3n) is 6.99. The summed E-state index contributed by atoms with van der Waals surface area (Å²) >= 11 is 0. The van der Waals surface area contributed by atoms with E-state index in [4.69, 9.17) is 0 Å². The van der Waals surface area contributed by atoms with Crippen LogP contribution in [-0.2, 0) is 19.2 Å². The zero-order valence-corrected chi connectivity index (χ0v) is 16.7. The van der Waals surface area contributed by atoms with Crippen molar-refractivity contribution in [2.45, 2.75) is 25.7 Å². The van der Waals surface area contributed by atoms with Crippen LogP contribution in [0.2, 0.25) is 0 Å². The summed E-state index contributed by atoms with van der Waals surface area (Å²) in [5.74, 6) is -2.50. The molecule has 0 radical (unpaired) electrons. The maximum Gasteiger partial charge on any atom is 0.233 e. The summed E-state index contributed by atoms with van der Waals surface area (Å²) in [4.78, 5) is 52.7. The number of ketones is 2. The molecule has 1 saturated heterocycles. The van der Waals surface area contributed by atoms with Crippen molar-refractivity contribution in [1.29, 1.82) is 0 Å². The van der Waals surface area contributed by atoms with Gasteiger partial charge in [-0.2, -0.15) is 0 Å². The van der Waals surface area contributed by atoms with Gasteiger partial charge in [0.25, 0.3) is 0 Å². The van der Waals surface area contributed by atoms with Crippen LogP contribution in [0, 0.1) is 17.8 Å². The van der Waals surface area contributed by atoms with Gasteiger partial charge in [-0.3, -0.25) is 24.1 Å². The molecule has 4 aliphatic rings. The fourth-order valence-electron chi connectivity index (χ4n) is 5.60. The Kier molecular flexibility index (Phi) is 3.97. The molecule has 30 heavy (non-hydrogen) atoms. The van der Waals surface area contributed by atoms with Crippen molar-refractivity contribution >= 4 is 23.4 Å². The van der Waals surface area contributed by atoms with E-state index in [9.17, 15) is 24.3 Å². The molecule has 0 bridgehead atoms. The molecule has 1 aromatic carbocycles. The van der Waals surface area contributed by atoms with Crippen molar-refractivity contribution in [2.75, 3.05) is 7.05 Å². The Bertz CT molecular complexity index is 1140. The molecule has 2 amide bonds. The monoisotopic (exact) mass is 403 g/mol. The standard InChI is InChI=1S/C24H21NO5/c1-11-8-18(27)17-10-16-14(6-7-15-20(16)24(30)25(2)23(15)29)19(21(17)22(11)28)12-4-3-5-13(26)9-12/h3-6,8-9,15-16,19-20,26H,7,10H2,1-2H3. The second-order valence-corrected chi connectivity index (χ2v) is 8.56. The van der Waals surface area contributed by atoms with E-state index in [0.717, 1.165) is 5.57 Å². The number of phenols is 1. The Morgan fingerprint density at radius 2 is 1.83 bits per heavy atom. The molecule has 152 valence electrons. The van der Waals surface area contributed by atoms with Crippen molar-refractivity contribution in [3.8, 4) is 5.75 Å². The molecule has 5 rings (SSSR count). The lowest BCUT2D eigenvalue weighted by molar-refractivity contribution is -0.138. The van der Waals surface area contributed by atoms with Crippen molar-refractivity contribution in [1.82, 2.24) is 4.90 Å². The Hall–Kier alpha value is -3.28. The van der Waals surface area contributed by atoms with E-state index in [2.05, 4.69) is 0 Å². The van der Waals surface area contributed by atoms with E-state index in [-0.39, 0.29) is 41.5 Å². The molecule has 1 aromatic rings. The molecule has 1 heterocycles. The fourth-order valence-corrected chi connectivity index (χ4v) is 5.60. The second kappa shape index (κ2) is 6.36. The van der Waals surface area contributed by atoms with Crippen molar-refractivity contribution < 1.29 is 24.3 Å². The first-order valence-electron chi connectivity index (χ1n) is 10.1. The number of nitrogens with zero attached hydrogens (tertiary/aromatic N) is 1. The van der Waals surface area contributed by atoms with Gasteiger partial charge in [-0.25, -0.2) is 0 Å². The summed E-state index contributed by atoms with van der Waals surface area (Å²) in [5.41, 5.74) is 2.86. The summed E-state index contributed by atoms with van der Waals surface area (Å²) in [6.45, 7) is 1.63. The average molecular weight is 403 g/mol. The van der Waals surface area contributed by atoms with E-state index < -0.39 is 17.8 Å². The van der Waals surface area contributed by atoms with Crippen molar-refractivity contribution in [2.24, 2.45) is 17.8 Å². The van der Waals surface area contributed by atoms with E-state index in [1.807, 2.05) is 12.1 Å². The van der Waals surface area contributed by atoms with Crippen LogP contribution in [0.1, 0.15) is 31.2 Å². The smallest absolute Gasteiger partial charge is 0.233 e. The lowest BCUT2D eigenvalue weighted by Crippen LogP contribution is -2.39. The molecule has 0 aromatic heterocycles. The van der Waals surface area contributed by atoms with Gasteiger partial charge in [0.05, 0.1) is 11.8 Å². The quantitative estimate of drug-likeness (QED) is 0.442. The molecule has 0 saturated carbocycles. The highest BCUT2D eigenvalue weighted by atomic mass is 16.3. The first kappa shape index (κ1) is 18.7. The molecule has 1 fully saturated rings. The number of carbonyl (C=O) groups is 4. The van der Waals surface area contributed by atoms with Crippen LogP contribution >= 0.6 is 0 Å². The molecule has 6 heteroatoms. The molecule has 4 unspecified atom stereocenters. The van der Waals surface area contributed by atoms with Crippen LogP contribution in [-0.4, -0.2) is 40.4 Å². The summed E-state index contributed by atoms with van der Waals surface area (Å²) in [5, 5.41) is 10.1. The number of hydrogen-bond donors (Lipinski definition) is 1. The molecule has 0 spiro atoms. The number of allylic oxidation sites excluding steroid dienone is 6. The number of imide groups is 1.